The highest BCUT2D eigenvalue weighted by Crippen LogP contribution is 2.37. The SMILES string of the molecule is Cc1ccc(NC(=O)C(Sc2ccc(NC(=O)C3CC=CCC3C(=O)O)cc2)c2ccccc2)cc1Cl. The van der Waals surface area contributed by atoms with E-state index in [9.17, 15) is 19.5 Å². The number of carbonyl (C=O) groups is 3. The van der Waals surface area contributed by atoms with E-state index < -0.39 is 23.1 Å². The minimum Gasteiger partial charge on any atom is -0.481 e. The molecule has 3 atom stereocenters. The first kappa shape index (κ1) is 26.5. The molecule has 0 aromatic heterocycles. The molecule has 190 valence electrons. The molecule has 3 unspecified atom stereocenters. The van der Waals surface area contributed by atoms with Crippen LogP contribution in [0.3, 0.4) is 0 Å². The van der Waals surface area contributed by atoms with E-state index in [-0.39, 0.29) is 11.8 Å². The van der Waals surface area contributed by atoms with Crippen LogP contribution in [0.15, 0.2) is 89.8 Å². The maximum Gasteiger partial charge on any atom is 0.307 e. The Morgan fingerprint density at radius 2 is 1.54 bits per heavy atom. The molecule has 1 aliphatic rings. The molecule has 3 aromatic rings. The summed E-state index contributed by atoms with van der Waals surface area (Å²) in [5, 5.41) is 15.3. The Bertz CT molecular complexity index is 1310. The van der Waals surface area contributed by atoms with Gasteiger partial charge in [0.2, 0.25) is 11.8 Å². The van der Waals surface area contributed by atoms with Crippen LogP contribution >= 0.6 is 23.4 Å². The van der Waals surface area contributed by atoms with Gasteiger partial charge in [0, 0.05) is 21.3 Å². The summed E-state index contributed by atoms with van der Waals surface area (Å²) in [5.74, 6) is -2.80. The fourth-order valence-corrected chi connectivity index (χ4v) is 5.35. The van der Waals surface area contributed by atoms with Crippen molar-refractivity contribution in [3.8, 4) is 0 Å². The zero-order valence-electron chi connectivity index (χ0n) is 20.2. The summed E-state index contributed by atoms with van der Waals surface area (Å²) >= 11 is 7.62. The molecule has 0 fully saturated rings. The lowest BCUT2D eigenvalue weighted by molar-refractivity contribution is -0.146. The Kier molecular flexibility index (Phi) is 8.69. The molecule has 0 radical (unpaired) electrons. The number of benzene rings is 3. The van der Waals surface area contributed by atoms with Crippen LogP contribution in [0.4, 0.5) is 11.4 Å². The first-order chi connectivity index (χ1) is 17.8. The number of aryl methyl sites for hydroxylation is 1. The van der Waals surface area contributed by atoms with Crippen molar-refractivity contribution in [1.29, 1.82) is 0 Å². The van der Waals surface area contributed by atoms with E-state index in [1.165, 1.54) is 11.8 Å². The van der Waals surface area contributed by atoms with Gasteiger partial charge < -0.3 is 15.7 Å². The summed E-state index contributed by atoms with van der Waals surface area (Å²) in [5.41, 5.74) is 2.98. The zero-order chi connectivity index (χ0) is 26.4. The second-order valence-corrected chi connectivity index (χ2v) is 10.5. The number of allylic oxidation sites excluding steroid dienone is 2. The van der Waals surface area contributed by atoms with Gasteiger partial charge in [0.05, 0.1) is 11.8 Å². The van der Waals surface area contributed by atoms with Gasteiger partial charge in [-0.1, -0.05) is 60.2 Å². The normalized spacial score (nSPS) is 17.6. The summed E-state index contributed by atoms with van der Waals surface area (Å²) in [4.78, 5) is 38.4. The van der Waals surface area contributed by atoms with Crippen LogP contribution in [-0.2, 0) is 14.4 Å². The average molecular weight is 535 g/mol. The molecule has 3 aromatic carbocycles. The van der Waals surface area contributed by atoms with Gasteiger partial charge in [-0.2, -0.15) is 0 Å². The van der Waals surface area contributed by atoms with Crippen LogP contribution in [0.5, 0.6) is 0 Å². The van der Waals surface area contributed by atoms with Crippen molar-refractivity contribution in [2.45, 2.75) is 29.9 Å². The summed E-state index contributed by atoms with van der Waals surface area (Å²) in [6.45, 7) is 1.90. The summed E-state index contributed by atoms with van der Waals surface area (Å²) in [6.07, 6.45) is 4.40. The lowest BCUT2D eigenvalue weighted by atomic mass is 9.82. The predicted octanol–water partition coefficient (Wildman–Crippen LogP) is 6.73. The van der Waals surface area contributed by atoms with Gasteiger partial charge in [-0.05, 0) is 67.3 Å². The van der Waals surface area contributed by atoms with Crippen molar-refractivity contribution >= 4 is 52.5 Å². The van der Waals surface area contributed by atoms with Gasteiger partial charge in [0.15, 0.2) is 0 Å². The number of carbonyl (C=O) groups excluding carboxylic acids is 2. The van der Waals surface area contributed by atoms with E-state index in [2.05, 4.69) is 10.6 Å². The van der Waals surface area contributed by atoms with Crippen molar-refractivity contribution in [2.24, 2.45) is 11.8 Å². The number of anilines is 2. The molecule has 37 heavy (non-hydrogen) atoms. The minimum absolute atomic E-state index is 0.182. The Balaban J connectivity index is 1.47. The number of rotatable bonds is 8. The smallest absolute Gasteiger partial charge is 0.307 e. The van der Waals surface area contributed by atoms with Gasteiger partial charge in [-0.25, -0.2) is 0 Å². The fourth-order valence-electron chi connectivity index (χ4n) is 4.14. The highest BCUT2D eigenvalue weighted by Gasteiger charge is 2.34. The number of hydrogen-bond donors (Lipinski definition) is 3. The fraction of sp³-hybridized carbons (Fsp3) is 0.207. The monoisotopic (exact) mass is 534 g/mol. The molecule has 0 heterocycles. The van der Waals surface area contributed by atoms with Gasteiger partial charge in [0.25, 0.3) is 0 Å². The van der Waals surface area contributed by atoms with Crippen molar-refractivity contribution in [3.05, 3.63) is 101 Å². The molecule has 0 spiro atoms. The number of amides is 2. The molecule has 4 rings (SSSR count). The first-order valence-electron chi connectivity index (χ1n) is 11.9. The first-order valence-corrected chi connectivity index (χ1v) is 13.1. The number of hydrogen-bond acceptors (Lipinski definition) is 4. The Hall–Kier alpha value is -3.55. The van der Waals surface area contributed by atoms with Gasteiger partial charge in [0.1, 0.15) is 5.25 Å². The van der Waals surface area contributed by atoms with Gasteiger partial charge >= 0.3 is 5.97 Å². The van der Waals surface area contributed by atoms with E-state index >= 15 is 0 Å². The van der Waals surface area contributed by atoms with Crippen LogP contribution in [0.1, 0.15) is 29.2 Å². The maximum atomic E-state index is 13.3. The maximum absolute atomic E-state index is 13.3. The van der Waals surface area contributed by atoms with E-state index in [4.69, 9.17) is 11.6 Å². The zero-order valence-corrected chi connectivity index (χ0v) is 21.8. The lowest BCUT2D eigenvalue weighted by Crippen LogP contribution is -2.34. The van der Waals surface area contributed by atoms with Gasteiger partial charge in [-0.15, -0.1) is 11.8 Å². The van der Waals surface area contributed by atoms with Crippen LogP contribution in [0.25, 0.3) is 0 Å². The van der Waals surface area contributed by atoms with Crippen molar-refractivity contribution in [2.75, 3.05) is 10.6 Å². The van der Waals surface area contributed by atoms with E-state index in [0.717, 1.165) is 16.0 Å². The minimum atomic E-state index is -0.964. The average Bonchev–Trinajstić information content (AvgIpc) is 2.90. The van der Waals surface area contributed by atoms with Crippen molar-refractivity contribution in [3.63, 3.8) is 0 Å². The molecule has 0 saturated carbocycles. The molecule has 0 aliphatic heterocycles. The summed E-state index contributed by atoms with van der Waals surface area (Å²) in [7, 11) is 0. The third kappa shape index (κ3) is 6.81. The number of carboxylic acids is 1. The van der Waals surface area contributed by atoms with E-state index in [1.54, 1.807) is 24.3 Å². The third-order valence-electron chi connectivity index (χ3n) is 6.24. The molecular formula is C29H27ClN2O4S. The Morgan fingerprint density at radius 3 is 2.19 bits per heavy atom. The molecule has 0 saturated heterocycles. The lowest BCUT2D eigenvalue weighted by Gasteiger charge is -2.24. The Morgan fingerprint density at radius 1 is 0.892 bits per heavy atom. The molecule has 3 N–H and O–H groups in total. The summed E-state index contributed by atoms with van der Waals surface area (Å²) in [6, 6.07) is 22.1. The molecule has 0 bridgehead atoms. The van der Waals surface area contributed by atoms with Crippen LogP contribution in [-0.4, -0.2) is 22.9 Å². The number of thioether (sulfide) groups is 1. The molecular weight excluding hydrogens is 508 g/mol. The van der Waals surface area contributed by atoms with Crippen molar-refractivity contribution in [1.82, 2.24) is 0 Å². The van der Waals surface area contributed by atoms with Crippen LogP contribution in [0, 0.1) is 18.8 Å². The molecule has 6 nitrogen and oxygen atoms in total. The number of carboxylic acid groups (broad SMARTS) is 1. The van der Waals surface area contributed by atoms with Crippen LogP contribution < -0.4 is 10.6 Å². The van der Waals surface area contributed by atoms with Crippen molar-refractivity contribution < 1.29 is 19.5 Å². The van der Waals surface area contributed by atoms with Gasteiger partial charge in [-0.3, -0.25) is 14.4 Å². The standard InChI is InChI=1S/C29H27ClN2O4S/c1-18-11-12-21(17-25(18)30)32-28(34)26(19-7-3-2-4-8-19)37-22-15-13-20(14-16-22)31-27(33)23-9-5-6-10-24(23)29(35)36/h2-8,11-17,23-24,26H,9-10H2,1H3,(H,31,33)(H,32,34)(H,35,36). The summed E-state index contributed by atoms with van der Waals surface area (Å²) < 4.78 is 0. The largest absolute Gasteiger partial charge is 0.481 e. The van der Waals surface area contributed by atoms with E-state index in [1.807, 2.05) is 67.6 Å². The number of aliphatic carboxylic acids is 1. The third-order valence-corrected chi connectivity index (χ3v) is 7.92. The Labute approximate surface area is 225 Å². The number of nitrogens with one attached hydrogen (secondary N) is 2. The topological polar surface area (TPSA) is 95.5 Å². The predicted molar refractivity (Wildman–Crippen MR) is 148 cm³/mol. The second-order valence-electron chi connectivity index (χ2n) is 8.87. The van der Waals surface area contributed by atoms with E-state index in [0.29, 0.717) is 29.2 Å². The second kappa shape index (κ2) is 12.1. The number of halogens is 1. The molecule has 2 amide bonds. The van der Waals surface area contributed by atoms with Crippen LogP contribution in [0.2, 0.25) is 5.02 Å². The molecule has 1 aliphatic carbocycles. The highest BCUT2D eigenvalue weighted by atomic mass is 35.5. The molecule has 8 heteroatoms. The highest BCUT2D eigenvalue weighted by molar-refractivity contribution is 8.00. The quantitative estimate of drug-likeness (QED) is 0.220.